The van der Waals surface area contributed by atoms with Crippen LogP contribution in [0, 0.1) is 0 Å². The number of aromatic nitrogens is 2. The molecule has 0 aliphatic heterocycles. The molecule has 0 radical (unpaired) electrons. The number of nitrogens with one attached hydrogen (secondary N) is 1. The fourth-order valence-corrected chi connectivity index (χ4v) is 4.79. The molecule has 2 amide bonds. The van der Waals surface area contributed by atoms with Gasteiger partial charge in [-0.3, -0.25) is 9.59 Å². The highest BCUT2D eigenvalue weighted by atomic mass is 32.1. The summed E-state index contributed by atoms with van der Waals surface area (Å²) in [6.07, 6.45) is -10.3. The minimum Gasteiger partial charge on any atom is -0.497 e. The van der Waals surface area contributed by atoms with Gasteiger partial charge in [0, 0.05) is 30.6 Å². The predicted molar refractivity (Wildman–Crippen MR) is 148 cm³/mol. The van der Waals surface area contributed by atoms with E-state index in [1.54, 1.807) is 54.6 Å². The second-order valence-electron chi connectivity index (χ2n) is 9.26. The largest absolute Gasteiger partial charge is 0.497 e. The number of hydrogen-bond acceptors (Lipinski definition) is 6. The van der Waals surface area contributed by atoms with Crippen molar-refractivity contribution in [1.82, 2.24) is 15.1 Å². The van der Waals surface area contributed by atoms with Crippen molar-refractivity contribution in [3.05, 3.63) is 95.1 Å². The molecule has 1 heterocycles. The molecule has 43 heavy (non-hydrogen) atoms. The number of carbonyl (C=O) groups excluding carboxylic acids is 2. The molecule has 1 N–H and O–H groups in total. The molecule has 4 rings (SSSR count). The van der Waals surface area contributed by atoms with Crippen LogP contribution in [0.5, 0.6) is 5.75 Å². The smallest absolute Gasteiger partial charge is 0.416 e. The third kappa shape index (κ3) is 8.53. The summed E-state index contributed by atoms with van der Waals surface area (Å²) in [6, 6.07) is 16.5. The number of amides is 2. The fourth-order valence-electron chi connectivity index (χ4n) is 4.03. The second-order valence-corrected chi connectivity index (χ2v) is 10.2. The number of hydrogen-bond donors (Lipinski definition) is 1. The number of carbonyl (C=O) groups is 2. The summed E-state index contributed by atoms with van der Waals surface area (Å²) < 4.78 is 85.6. The monoisotopic (exact) mass is 622 g/mol. The molecule has 0 fully saturated rings. The third-order valence-electron chi connectivity index (χ3n) is 6.25. The van der Waals surface area contributed by atoms with Crippen molar-refractivity contribution in [2.75, 3.05) is 25.5 Å². The van der Waals surface area contributed by atoms with Gasteiger partial charge in [-0.25, -0.2) is 0 Å². The van der Waals surface area contributed by atoms with Crippen molar-refractivity contribution in [2.24, 2.45) is 0 Å². The molecule has 0 saturated carbocycles. The molecule has 3 aromatic carbocycles. The minimum atomic E-state index is -5.11. The number of alkyl halides is 6. The van der Waals surface area contributed by atoms with Crippen LogP contribution in [0.2, 0.25) is 0 Å². The Kier molecular flexibility index (Phi) is 9.69. The van der Waals surface area contributed by atoms with Crippen LogP contribution in [0.3, 0.4) is 0 Å². The van der Waals surface area contributed by atoms with Crippen molar-refractivity contribution >= 4 is 28.3 Å². The Labute approximate surface area is 246 Å². The molecule has 0 aliphatic rings. The Morgan fingerprint density at radius 1 is 0.860 bits per heavy atom. The molecule has 0 saturated heterocycles. The average molecular weight is 623 g/mol. The van der Waals surface area contributed by atoms with Crippen molar-refractivity contribution in [2.45, 2.75) is 25.2 Å². The van der Waals surface area contributed by atoms with E-state index in [0.29, 0.717) is 22.9 Å². The summed E-state index contributed by atoms with van der Waals surface area (Å²) in [6.45, 7) is -0.340. The molecule has 0 aliphatic carbocycles. The van der Waals surface area contributed by atoms with E-state index < -0.39 is 40.9 Å². The minimum absolute atomic E-state index is 0.0409. The van der Waals surface area contributed by atoms with E-state index >= 15 is 0 Å². The number of nitrogens with zero attached hydrogens (tertiary/aromatic N) is 3. The Hall–Kier alpha value is -4.46. The lowest BCUT2D eigenvalue weighted by Gasteiger charge is -2.24. The Bertz CT molecular complexity index is 1520. The molecule has 4 aromatic rings. The van der Waals surface area contributed by atoms with Crippen LogP contribution in [-0.2, 0) is 23.6 Å². The van der Waals surface area contributed by atoms with Crippen molar-refractivity contribution in [3.8, 4) is 16.3 Å². The number of benzene rings is 3. The summed E-state index contributed by atoms with van der Waals surface area (Å²) >= 11 is 1.09. The summed E-state index contributed by atoms with van der Waals surface area (Å²) in [5.74, 6) is -0.999. The zero-order chi connectivity index (χ0) is 31.2. The van der Waals surface area contributed by atoms with Gasteiger partial charge >= 0.3 is 12.4 Å². The van der Waals surface area contributed by atoms with Gasteiger partial charge in [0.15, 0.2) is 0 Å². The first kappa shape index (κ1) is 31.5. The van der Waals surface area contributed by atoms with Gasteiger partial charge in [-0.2, -0.15) is 26.3 Å². The number of anilines is 1. The van der Waals surface area contributed by atoms with Crippen LogP contribution in [0.15, 0.2) is 72.8 Å². The van der Waals surface area contributed by atoms with Crippen LogP contribution >= 0.6 is 11.3 Å². The zero-order valence-corrected chi connectivity index (χ0v) is 23.3. The highest BCUT2D eigenvalue weighted by Gasteiger charge is 2.38. The first-order valence-corrected chi connectivity index (χ1v) is 13.6. The first-order valence-electron chi connectivity index (χ1n) is 12.7. The van der Waals surface area contributed by atoms with Gasteiger partial charge in [-0.15, -0.1) is 10.2 Å². The highest BCUT2D eigenvalue weighted by molar-refractivity contribution is 7.18. The molecule has 0 atom stereocenters. The third-order valence-corrected chi connectivity index (χ3v) is 7.14. The van der Waals surface area contributed by atoms with Gasteiger partial charge in [0.2, 0.25) is 11.0 Å². The van der Waals surface area contributed by atoms with E-state index in [2.05, 4.69) is 15.5 Å². The van der Waals surface area contributed by atoms with Gasteiger partial charge in [-0.05, 0) is 54.4 Å². The molecular weight excluding hydrogens is 598 g/mol. The van der Waals surface area contributed by atoms with E-state index in [4.69, 9.17) is 4.74 Å². The second kappa shape index (κ2) is 13.2. The molecule has 0 unspecified atom stereocenters. The molecule has 7 nitrogen and oxygen atoms in total. The molecule has 0 spiro atoms. The van der Waals surface area contributed by atoms with Gasteiger partial charge < -0.3 is 15.0 Å². The summed E-state index contributed by atoms with van der Waals surface area (Å²) in [5, 5.41) is 11.2. The van der Waals surface area contributed by atoms with E-state index in [0.717, 1.165) is 27.4 Å². The molecule has 226 valence electrons. The normalized spacial score (nSPS) is 11.7. The highest BCUT2D eigenvalue weighted by Crippen LogP contribution is 2.36. The lowest BCUT2D eigenvalue weighted by Crippen LogP contribution is -2.36. The summed E-state index contributed by atoms with van der Waals surface area (Å²) in [7, 11) is 1.53. The summed E-state index contributed by atoms with van der Waals surface area (Å²) in [5.41, 5.74) is -2.48. The molecule has 1 aromatic heterocycles. The van der Waals surface area contributed by atoms with Crippen LogP contribution in [0.1, 0.15) is 33.5 Å². The predicted octanol–water partition coefficient (Wildman–Crippen LogP) is 6.97. The van der Waals surface area contributed by atoms with Gasteiger partial charge in [0.05, 0.1) is 18.2 Å². The average Bonchev–Trinajstić information content (AvgIpc) is 3.44. The quantitative estimate of drug-likeness (QED) is 0.193. The van der Waals surface area contributed by atoms with Crippen LogP contribution < -0.4 is 10.1 Å². The number of rotatable bonds is 10. The summed E-state index contributed by atoms with van der Waals surface area (Å²) in [4.78, 5) is 27.1. The molecule has 14 heteroatoms. The first-order chi connectivity index (χ1) is 20.3. The number of ether oxygens (including phenoxy) is 1. The SMILES string of the molecule is COc1ccc(-c2nnc(NC(=O)CCN(CCc3ccccc3)C(=O)c3cc(C(F)(F)F)cc(C(F)(F)F)c3)s2)cc1. The standard InChI is InChI=1S/C29H24F6N4O3S/c1-42-23-9-7-19(8-10-23)25-37-38-27(43-25)36-24(40)12-14-39(13-11-18-5-3-2-4-6-18)26(41)20-15-21(28(30,31)32)17-22(16-20)29(33,34)35/h2-10,15-17H,11-14H2,1H3,(H,36,38,40). The number of halogens is 6. The Balaban J connectivity index is 1.51. The fraction of sp³-hybridized carbons (Fsp3) is 0.241. The Morgan fingerprint density at radius 3 is 2.07 bits per heavy atom. The zero-order valence-electron chi connectivity index (χ0n) is 22.5. The number of methoxy groups -OCH3 is 1. The van der Waals surface area contributed by atoms with Crippen molar-refractivity contribution < 1.29 is 40.7 Å². The van der Waals surface area contributed by atoms with E-state index in [1.165, 1.54) is 7.11 Å². The molecular formula is C29H24F6N4O3S. The van der Waals surface area contributed by atoms with Crippen LogP contribution in [0.4, 0.5) is 31.5 Å². The van der Waals surface area contributed by atoms with Gasteiger partial charge in [0.25, 0.3) is 5.91 Å². The topological polar surface area (TPSA) is 84.4 Å². The lowest BCUT2D eigenvalue weighted by atomic mass is 10.0. The van der Waals surface area contributed by atoms with Gasteiger partial charge in [0.1, 0.15) is 10.8 Å². The van der Waals surface area contributed by atoms with E-state index in [-0.39, 0.29) is 37.1 Å². The lowest BCUT2D eigenvalue weighted by molar-refractivity contribution is -0.143. The maximum atomic E-state index is 13.4. The van der Waals surface area contributed by atoms with Crippen molar-refractivity contribution in [3.63, 3.8) is 0 Å². The van der Waals surface area contributed by atoms with E-state index in [9.17, 15) is 35.9 Å². The molecule has 0 bridgehead atoms. The van der Waals surface area contributed by atoms with E-state index in [1.807, 2.05) is 0 Å². The van der Waals surface area contributed by atoms with Gasteiger partial charge in [-0.1, -0.05) is 41.7 Å². The maximum absolute atomic E-state index is 13.4. The van der Waals surface area contributed by atoms with Crippen LogP contribution in [0.25, 0.3) is 10.6 Å². The Morgan fingerprint density at radius 2 is 1.49 bits per heavy atom. The van der Waals surface area contributed by atoms with Crippen molar-refractivity contribution in [1.29, 1.82) is 0 Å². The van der Waals surface area contributed by atoms with Crippen LogP contribution in [-0.4, -0.2) is 47.1 Å². The maximum Gasteiger partial charge on any atom is 0.416 e.